The van der Waals surface area contributed by atoms with Crippen molar-refractivity contribution in [2.45, 2.75) is 12.1 Å². The summed E-state index contributed by atoms with van der Waals surface area (Å²) in [5.41, 5.74) is 2.74. The standard InChI is InChI=1S/C28H20BrClN2O4/c1-36-21-10-9-16(13-20(21)29)26(33)25-23-22(24-19-8-3-2-5-15(19)11-12-31(24)25)27(34)32(28(23)35)18-7-4-6-17(30)14-18/h2-14,22-25H,1H3/t22-,23-,24-,25+/m1/s1. The van der Waals surface area contributed by atoms with Gasteiger partial charge in [-0.3, -0.25) is 14.4 Å². The molecule has 36 heavy (non-hydrogen) atoms. The zero-order chi connectivity index (χ0) is 25.1. The second kappa shape index (κ2) is 8.61. The van der Waals surface area contributed by atoms with E-state index < -0.39 is 29.8 Å². The van der Waals surface area contributed by atoms with Crippen LogP contribution in [0.3, 0.4) is 0 Å². The predicted octanol–water partition coefficient (Wildman–Crippen LogP) is 5.51. The van der Waals surface area contributed by atoms with Crippen LogP contribution in [-0.2, 0) is 9.59 Å². The zero-order valence-corrected chi connectivity index (χ0v) is 21.4. The van der Waals surface area contributed by atoms with Crippen LogP contribution in [0.4, 0.5) is 5.69 Å². The van der Waals surface area contributed by atoms with Crippen molar-refractivity contribution in [3.8, 4) is 5.75 Å². The van der Waals surface area contributed by atoms with Gasteiger partial charge in [-0.25, -0.2) is 4.90 Å². The fourth-order valence-electron chi connectivity index (χ4n) is 5.72. The van der Waals surface area contributed by atoms with Gasteiger partial charge in [0.05, 0.1) is 35.1 Å². The average Bonchev–Trinajstić information content (AvgIpc) is 3.36. The van der Waals surface area contributed by atoms with Crippen LogP contribution in [-0.4, -0.2) is 35.6 Å². The van der Waals surface area contributed by atoms with E-state index in [0.717, 1.165) is 11.1 Å². The van der Waals surface area contributed by atoms with Gasteiger partial charge < -0.3 is 9.64 Å². The predicted molar refractivity (Wildman–Crippen MR) is 140 cm³/mol. The van der Waals surface area contributed by atoms with Gasteiger partial charge in [-0.15, -0.1) is 0 Å². The third-order valence-corrected chi connectivity index (χ3v) is 8.09. The summed E-state index contributed by atoms with van der Waals surface area (Å²) in [5.74, 6) is -1.89. The summed E-state index contributed by atoms with van der Waals surface area (Å²) in [4.78, 5) is 44.9. The van der Waals surface area contributed by atoms with Gasteiger partial charge >= 0.3 is 0 Å². The molecule has 2 amide bonds. The quantitative estimate of drug-likeness (QED) is 0.309. The molecular weight excluding hydrogens is 544 g/mol. The number of carbonyl (C=O) groups is 3. The van der Waals surface area contributed by atoms with Crippen molar-refractivity contribution >= 4 is 56.9 Å². The molecule has 6 rings (SSSR count). The summed E-state index contributed by atoms with van der Waals surface area (Å²) >= 11 is 9.63. The first-order valence-electron chi connectivity index (χ1n) is 11.5. The highest BCUT2D eigenvalue weighted by atomic mass is 79.9. The number of hydrogen-bond donors (Lipinski definition) is 0. The lowest BCUT2D eigenvalue weighted by molar-refractivity contribution is -0.123. The van der Waals surface area contributed by atoms with E-state index >= 15 is 0 Å². The average molecular weight is 564 g/mol. The molecule has 3 aliphatic heterocycles. The number of nitrogens with zero attached hydrogens (tertiary/aromatic N) is 2. The number of carbonyl (C=O) groups excluding carboxylic acids is 3. The van der Waals surface area contributed by atoms with Gasteiger partial charge in [0.25, 0.3) is 0 Å². The van der Waals surface area contributed by atoms with Gasteiger partial charge in [0.1, 0.15) is 11.8 Å². The maximum absolute atomic E-state index is 14.0. The summed E-state index contributed by atoms with van der Waals surface area (Å²) in [5, 5.41) is 0.424. The van der Waals surface area contributed by atoms with Gasteiger partial charge in [0.15, 0.2) is 5.78 Å². The number of ether oxygens (including phenoxy) is 1. The Hall–Kier alpha value is -3.42. The molecule has 0 spiro atoms. The number of amides is 2. The largest absolute Gasteiger partial charge is 0.496 e. The normalized spacial score (nSPS) is 24.0. The number of benzene rings is 3. The summed E-state index contributed by atoms with van der Waals surface area (Å²) in [7, 11) is 1.55. The highest BCUT2D eigenvalue weighted by Gasteiger charge is 2.64. The highest BCUT2D eigenvalue weighted by molar-refractivity contribution is 9.10. The fourth-order valence-corrected chi connectivity index (χ4v) is 6.44. The molecule has 0 aromatic heterocycles. The van der Waals surface area contributed by atoms with E-state index in [1.54, 1.807) is 49.6 Å². The first kappa shape index (κ1) is 23.0. The minimum absolute atomic E-state index is 0.228. The number of fused-ring (bicyclic) bond motifs is 5. The topological polar surface area (TPSA) is 66.9 Å². The lowest BCUT2D eigenvalue weighted by atomic mass is 9.83. The molecule has 2 saturated heterocycles. The summed E-state index contributed by atoms with van der Waals surface area (Å²) in [6, 6.07) is 18.3. The van der Waals surface area contributed by atoms with Crippen molar-refractivity contribution in [1.29, 1.82) is 0 Å². The molecule has 4 atom stereocenters. The number of rotatable bonds is 4. The van der Waals surface area contributed by atoms with E-state index in [1.807, 2.05) is 41.4 Å². The Labute approximate surface area is 221 Å². The third kappa shape index (κ3) is 3.33. The van der Waals surface area contributed by atoms with E-state index in [2.05, 4.69) is 15.9 Å². The highest BCUT2D eigenvalue weighted by Crippen LogP contribution is 2.53. The van der Waals surface area contributed by atoms with Crippen LogP contribution in [0.5, 0.6) is 5.75 Å². The van der Waals surface area contributed by atoms with Crippen molar-refractivity contribution in [2.75, 3.05) is 12.0 Å². The van der Waals surface area contributed by atoms with Crippen LogP contribution in [0.15, 0.2) is 77.4 Å². The molecule has 0 N–H and O–H groups in total. The van der Waals surface area contributed by atoms with E-state index in [4.69, 9.17) is 16.3 Å². The first-order chi connectivity index (χ1) is 17.4. The van der Waals surface area contributed by atoms with Crippen LogP contribution >= 0.6 is 27.5 Å². The Morgan fingerprint density at radius 3 is 2.50 bits per heavy atom. The molecule has 2 fully saturated rings. The Morgan fingerprint density at radius 2 is 1.75 bits per heavy atom. The maximum Gasteiger partial charge on any atom is 0.240 e. The van der Waals surface area contributed by atoms with Crippen molar-refractivity contribution in [1.82, 2.24) is 4.90 Å². The number of Topliss-reactive ketones (excluding diaryl/α,β-unsaturated/α-hetero) is 1. The molecule has 0 saturated carbocycles. The molecule has 8 heteroatoms. The van der Waals surface area contributed by atoms with E-state index in [1.165, 1.54) is 4.90 Å². The number of anilines is 1. The minimum atomic E-state index is -0.842. The number of ketones is 1. The van der Waals surface area contributed by atoms with E-state index in [-0.39, 0.29) is 11.7 Å². The minimum Gasteiger partial charge on any atom is -0.496 e. The second-order valence-corrected chi connectivity index (χ2v) is 10.3. The van der Waals surface area contributed by atoms with Crippen LogP contribution in [0.1, 0.15) is 27.5 Å². The molecule has 3 heterocycles. The lowest BCUT2D eigenvalue weighted by Gasteiger charge is -2.35. The van der Waals surface area contributed by atoms with Gasteiger partial charge in [-0.1, -0.05) is 41.9 Å². The molecule has 3 aromatic rings. The molecule has 3 aliphatic rings. The van der Waals surface area contributed by atoms with Gasteiger partial charge in [-0.2, -0.15) is 0 Å². The Kier molecular flexibility index (Phi) is 5.50. The second-order valence-electron chi connectivity index (χ2n) is 9.04. The van der Waals surface area contributed by atoms with Crippen LogP contribution < -0.4 is 9.64 Å². The summed E-state index contributed by atoms with van der Waals surface area (Å²) in [6.07, 6.45) is 3.78. The number of methoxy groups -OCH3 is 1. The Morgan fingerprint density at radius 1 is 0.972 bits per heavy atom. The van der Waals surface area contributed by atoms with Crippen LogP contribution in [0, 0.1) is 11.8 Å². The Bertz CT molecular complexity index is 1470. The maximum atomic E-state index is 14.0. The monoisotopic (exact) mass is 562 g/mol. The Balaban J connectivity index is 1.49. The molecule has 0 unspecified atom stereocenters. The third-order valence-electron chi connectivity index (χ3n) is 7.23. The molecular formula is C28H20BrClN2O4. The molecule has 0 bridgehead atoms. The van der Waals surface area contributed by atoms with Gasteiger partial charge in [0.2, 0.25) is 11.8 Å². The summed E-state index contributed by atoms with van der Waals surface area (Å²) in [6.45, 7) is 0. The van der Waals surface area contributed by atoms with Crippen molar-refractivity contribution in [2.24, 2.45) is 11.8 Å². The lowest BCUT2D eigenvalue weighted by Crippen LogP contribution is -2.44. The molecule has 3 aromatic carbocycles. The van der Waals surface area contributed by atoms with Crippen molar-refractivity contribution in [3.63, 3.8) is 0 Å². The van der Waals surface area contributed by atoms with Crippen molar-refractivity contribution in [3.05, 3.63) is 99.1 Å². The molecule has 180 valence electrons. The van der Waals surface area contributed by atoms with E-state index in [0.29, 0.717) is 26.5 Å². The van der Waals surface area contributed by atoms with Gasteiger partial charge in [0, 0.05) is 16.8 Å². The number of hydrogen-bond acceptors (Lipinski definition) is 5. The smallest absolute Gasteiger partial charge is 0.240 e. The SMILES string of the molecule is COc1ccc(C(=O)[C@@H]2[C@@H]3C(=O)N(c4cccc(Cl)c4)C(=O)[C@H]3[C@H]3c4ccccc4C=CN23)cc1Br. The van der Waals surface area contributed by atoms with Gasteiger partial charge in [-0.05, 0) is 69.5 Å². The molecule has 0 aliphatic carbocycles. The van der Waals surface area contributed by atoms with Crippen LogP contribution in [0.25, 0.3) is 6.08 Å². The van der Waals surface area contributed by atoms with Crippen molar-refractivity contribution < 1.29 is 19.1 Å². The zero-order valence-electron chi connectivity index (χ0n) is 19.1. The van der Waals surface area contributed by atoms with Crippen LogP contribution in [0.2, 0.25) is 5.02 Å². The number of halogens is 2. The molecule has 0 radical (unpaired) electrons. The van der Waals surface area contributed by atoms with E-state index in [9.17, 15) is 14.4 Å². The molecule has 6 nitrogen and oxygen atoms in total. The number of imide groups is 1. The fraction of sp³-hybridized carbons (Fsp3) is 0.179. The summed E-state index contributed by atoms with van der Waals surface area (Å²) < 4.78 is 5.94. The first-order valence-corrected chi connectivity index (χ1v) is 12.6.